The average Bonchev–Trinajstić information content (AvgIpc) is 3.03. The van der Waals surface area contributed by atoms with Crippen LogP contribution in [-0.2, 0) is 9.05 Å². The van der Waals surface area contributed by atoms with E-state index >= 15 is 0 Å². The van der Waals surface area contributed by atoms with Crippen molar-refractivity contribution in [2.24, 2.45) is 11.7 Å². The first-order valence-electron chi connectivity index (χ1n) is 9.16. The van der Waals surface area contributed by atoms with Gasteiger partial charge in [-0.2, -0.15) is 0 Å². The molecule has 1 amide bonds. The van der Waals surface area contributed by atoms with Crippen LogP contribution in [0.2, 0.25) is 0 Å². The molecule has 1 fully saturated rings. The fraction of sp³-hybridized carbons (Fsp3) is 0.368. The van der Waals surface area contributed by atoms with Gasteiger partial charge in [-0.15, -0.1) is 0 Å². The van der Waals surface area contributed by atoms with Crippen LogP contribution in [-0.4, -0.2) is 30.9 Å². The summed E-state index contributed by atoms with van der Waals surface area (Å²) in [7, 11) is 1.59. The molecule has 3 N–H and O–H groups in total. The molecule has 1 saturated carbocycles. The molecule has 9 heteroatoms. The van der Waals surface area contributed by atoms with Gasteiger partial charge in [0.1, 0.15) is 0 Å². The number of halogens is 1. The average molecular weight is 422 g/mol. The summed E-state index contributed by atoms with van der Waals surface area (Å²) < 4.78 is 29.3. The number of hydrogen-bond acceptors (Lipinski definition) is 5. The topological polar surface area (TPSA) is 115 Å². The molecule has 7 nitrogen and oxygen atoms in total. The molecular weight excluding hydrogens is 402 g/mol. The van der Waals surface area contributed by atoms with Gasteiger partial charge in [-0.25, -0.2) is 13.4 Å². The summed E-state index contributed by atoms with van der Waals surface area (Å²) in [5, 5.41) is 1.21. The van der Waals surface area contributed by atoms with E-state index in [1.54, 1.807) is 12.1 Å². The molecule has 0 saturated heterocycles. The van der Waals surface area contributed by atoms with Crippen LogP contribution in [0.15, 0.2) is 29.2 Å². The lowest BCUT2D eigenvalue weighted by molar-refractivity contribution is 0.0995. The van der Waals surface area contributed by atoms with Crippen molar-refractivity contribution in [3.8, 4) is 5.88 Å². The molecule has 1 aliphatic rings. The summed E-state index contributed by atoms with van der Waals surface area (Å²) >= 11 is 0. The number of nitrogens with zero attached hydrogens (tertiary/aromatic N) is 1. The van der Waals surface area contributed by atoms with Crippen molar-refractivity contribution in [3.05, 3.63) is 30.0 Å². The monoisotopic (exact) mass is 421 g/mol. The van der Waals surface area contributed by atoms with E-state index in [4.69, 9.17) is 21.2 Å². The van der Waals surface area contributed by atoms with Crippen molar-refractivity contribution in [1.82, 2.24) is 9.97 Å². The second-order valence-electron chi connectivity index (χ2n) is 7.18. The van der Waals surface area contributed by atoms with Crippen molar-refractivity contribution in [3.63, 3.8) is 0 Å². The maximum absolute atomic E-state index is 11.9. The van der Waals surface area contributed by atoms with E-state index in [1.165, 1.54) is 31.4 Å². The van der Waals surface area contributed by atoms with Gasteiger partial charge in [-0.1, -0.05) is 19.3 Å². The Morgan fingerprint density at radius 2 is 1.96 bits per heavy atom. The minimum absolute atomic E-state index is 0.0234. The SMILES string of the molecule is NC(=O)c1nc(OCC2CCCCC2)cc2c1[nH]c1ccc(S(=O)(=O)Cl)cc12. The number of aromatic nitrogens is 2. The van der Waals surface area contributed by atoms with Crippen LogP contribution in [0.25, 0.3) is 21.8 Å². The Kier molecular flexibility index (Phi) is 4.93. The third-order valence-corrected chi connectivity index (χ3v) is 6.59. The smallest absolute Gasteiger partial charge is 0.269 e. The number of rotatable bonds is 5. The maximum Gasteiger partial charge on any atom is 0.269 e. The molecule has 0 unspecified atom stereocenters. The van der Waals surface area contributed by atoms with Gasteiger partial charge in [0.15, 0.2) is 5.69 Å². The van der Waals surface area contributed by atoms with Gasteiger partial charge >= 0.3 is 0 Å². The van der Waals surface area contributed by atoms with Crippen molar-refractivity contribution in [2.45, 2.75) is 37.0 Å². The van der Waals surface area contributed by atoms with E-state index in [-0.39, 0.29) is 10.6 Å². The Labute approximate surface area is 166 Å². The summed E-state index contributed by atoms with van der Waals surface area (Å²) in [6.45, 7) is 0.528. The van der Waals surface area contributed by atoms with Crippen LogP contribution in [0.5, 0.6) is 5.88 Å². The molecule has 0 atom stereocenters. The zero-order valence-electron chi connectivity index (χ0n) is 15.1. The first-order valence-corrected chi connectivity index (χ1v) is 11.5. The van der Waals surface area contributed by atoms with Gasteiger partial charge in [0.2, 0.25) is 5.88 Å². The number of carbonyl (C=O) groups is 1. The first-order chi connectivity index (χ1) is 13.3. The number of amides is 1. The molecule has 1 aromatic carbocycles. The van der Waals surface area contributed by atoms with Crippen LogP contribution in [0, 0.1) is 5.92 Å². The third-order valence-electron chi connectivity index (χ3n) is 5.24. The van der Waals surface area contributed by atoms with E-state index in [9.17, 15) is 13.2 Å². The molecule has 4 rings (SSSR count). The standard InChI is InChI=1S/C19H20ClN3O4S/c20-28(25,26)12-6-7-15-13(8-12)14-9-16(23-18(19(21)24)17(14)22-15)27-10-11-4-2-1-3-5-11/h6-9,11,22H,1-5,10H2,(H2,21,24). The fourth-order valence-electron chi connectivity index (χ4n) is 3.81. The molecule has 0 aliphatic heterocycles. The summed E-state index contributed by atoms with van der Waals surface area (Å²) in [5.41, 5.74) is 6.66. The van der Waals surface area contributed by atoms with E-state index in [2.05, 4.69) is 9.97 Å². The molecule has 148 valence electrons. The van der Waals surface area contributed by atoms with E-state index < -0.39 is 15.0 Å². The predicted molar refractivity (Wildman–Crippen MR) is 107 cm³/mol. The van der Waals surface area contributed by atoms with Gasteiger partial charge in [0.05, 0.1) is 17.0 Å². The Balaban J connectivity index is 1.80. The Morgan fingerprint density at radius 3 is 2.64 bits per heavy atom. The fourth-order valence-corrected chi connectivity index (χ4v) is 4.59. The molecule has 2 aromatic heterocycles. The van der Waals surface area contributed by atoms with Gasteiger partial charge in [0.25, 0.3) is 15.0 Å². The van der Waals surface area contributed by atoms with Crippen LogP contribution in [0.1, 0.15) is 42.6 Å². The lowest BCUT2D eigenvalue weighted by atomic mass is 9.90. The van der Waals surface area contributed by atoms with Crippen LogP contribution in [0.3, 0.4) is 0 Å². The Bertz CT molecular complexity index is 1170. The molecule has 0 bridgehead atoms. The lowest BCUT2D eigenvalue weighted by Gasteiger charge is -2.21. The van der Waals surface area contributed by atoms with E-state index in [1.807, 2.05) is 0 Å². The number of hydrogen-bond donors (Lipinski definition) is 2. The molecule has 3 aromatic rings. The number of aromatic amines is 1. The van der Waals surface area contributed by atoms with Crippen molar-refractivity contribution in [2.75, 3.05) is 6.61 Å². The van der Waals surface area contributed by atoms with Crippen molar-refractivity contribution >= 4 is 47.4 Å². The normalized spacial score (nSPS) is 15.9. The van der Waals surface area contributed by atoms with Gasteiger partial charge < -0.3 is 15.5 Å². The minimum atomic E-state index is -3.88. The van der Waals surface area contributed by atoms with E-state index in [0.29, 0.717) is 40.2 Å². The third kappa shape index (κ3) is 3.66. The highest BCUT2D eigenvalue weighted by Gasteiger charge is 2.20. The van der Waals surface area contributed by atoms with Gasteiger partial charge in [-0.3, -0.25) is 4.79 Å². The van der Waals surface area contributed by atoms with E-state index in [0.717, 1.165) is 12.8 Å². The maximum atomic E-state index is 11.9. The number of benzene rings is 1. The molecule has 1 aliphatic carbocycles. The van der Waals surface area contributed by atoms with Crippen LogP contribution >= 0.6 is 10.7 Å². The Hall–Kier alpha value is -2.32. The number of carbonyl (C=O) groups excluding carboxylic acids is 1. The highest BCUT2D eigenvalue weighted by molar-refractivity contribution is 8.13. The molecule has 0 spiro atoms. The van der Waals surface area contributed by atoms with Crippen molar-refractivity contribution in [1.29, 1.82) is 0 Å². The second-order valence-corrected chi connectivity index (χ2v) is 9.75. The number of nitrogens with two attached hydrogens (primary N) is 1. The Morgan fingerprint density at radius 1 is 1.21 bits per heavy atom. The molecular formula is C19H20ClN3O4S. The first kappa shape index (κ1) is 19.0. The number of ether oxygens (including phenoxy) is 1. The summed E-state index contributed by atoms with van der Waals surface area (Å²) in [6.07, 6.45) is 5.90. The van der Waals surface area contributed by atoms with Gasteiger partial charge in [-0.05, 0) is 37.0 Å². The van der Waals surface area contributed by atoms with Gasteiger partial charge in [0, 0.05) is 33.0 Å². The van der Waals surface area contributed by atoms with Crippen LogP contribution in [0.4, 0.5) is 0 Å². The lowest BCUT2D eigenvalue weighted by Crippen LogP contribution is -2.17. The van der Waals surface area contributed by atoms with Crippen molar-refractivity contribution < 1.29 is 17.9 Å². The van der Waals surface area contributed by atoms with Crippen LogP contribution < -0.4 is 10.5 Å². The predicted octanol–water partition coefficient (Wildman–Crippen LogP) is 3.70. The zero-order valence-corrected chi connectivity index (χ0v) is 16.6. The summed E-state index contributed by atoms with van der Waals surface area (Å²) in [6, 6.07) is 6.16. The quantitative estimate of drug-likeness (QED) is 0.609. The molecule has 0 radical (unpaired) electrons. The number of nitrogens with one attached hydrogen (secondary N) is 1. The summed E-state index contributed by atoms with van der Waals surface area (Å²) in [4.78, 5) is 19.3. The number of primary amides is 1. The number of H-pyrrole nitrogens is 1. The highest BCUT2D eigenvalue weighted by Crippen LogP contribution is 2.32. The molecule has 28 heavy (non-hydrogen) atoms. The largest absolute Gasteiger partial charge is 0.477 e. The zero-order chi connectivity index (χ0) is 19.9. The molecule has 2 heterocycles. The number of fused-ring (bicyclic) bond motifs is 3. The minimum Gasteiger partial charge on any atom is -0.477 e. The second kappa shape index (κ2) is 7.25. The highest BCUT2D eigenvalue weighted by atomic mass is 35.7. The summed E-state index contributed by atoms with van der Waals surface area (Å²) in [5.74, 6) is 0.0796. The number of pyridine rings is 1.